The van der Waals surface area contributed by atoms with Crippen molar-refractivity contribution in [2.75, 3.05) is 12.4 Å². The van der Waals surface area contributed by atoms with Gasteiger partial charge in [0, 0.05) is 16.8 Å². The fourth-order valence-electron chi connectivity index (χ4n) is 1.72. The molecule has 0 atom stereocenters. The molecular formula is C16H14ClNO3. The lowest BCUT2D eigenvalue weighted by atomic mass is 10.2. The van der Waals surface area contributed by atoms with Gasteiger partial charge in [-0.3, -0.25) is 4.79 Å². The number of methoxy groups -OCH3 is 1. The van der Waals surface area contributed by atoms with E-state index in [1.807, 2.05) is 0 Å². The van der Waals surface area contributed by atoms with Crippen LogP contribution in [0.4, 0.5) is 5.69 Å². The van der Waals surface area contributed by atoms with Crippen LogP contribution >= 0.6 is 11.6 Å². The minimum atomic E-state index is -0.274. The van der Waals surface area contributed by atoms with Crippen LogP contribution in [-0.2, 0) is 4.79 Å². The molecule has 2 aromatic rings. The van der Waals surface area contributed by atoms with Gasteiger partial charge in [0.1, 0.15) is 0 Å². The second kappa shape index (κ2) is 6.81. The number of rotatable bonds is 4. The lowest BCUT2D eigenvalue weighted by molar-refractivity contribution is -0.111. The lowest BCUT2D eigenvalue weighted by Gasteiger charge is -2.04. The maximum absolute atomic E-state index is 11.8. The number of halogens is 1. The number of anilines is 1. The molecule has 2 rings (SSSR count). The number of hydrogen-bond donors (Lipinski definition) is 2. The Labute approximate surface area is 127 Å². The number of phenols is 1. The lowest BCUT2D eigenvalue weighted by Crippen LogP contribution is -2.07. The van der Waals surface area contributed by atoms with Gasteiger partial charge in [0.2, 0.25) is 5.91 Å². The highest BCUT2D eigenvalue weighted by Gasteiger charge is 2.02. The fraction of sp³-hybridized carbons (Fsp3) is 0.0625. The van der Waals surface area contributed by atoms with Gasteiger partial charge in [-0.25, -0.2) is 0 Å². The first-order chi connectivity index (χ1) is 10.1. The standard InChI is InChI=1S/C16H14ClNO3/c1-21-15-9-11(5-7-14(15)19)6-8-16(20)18-13-4-2-3-12(17)10-13/h2-10,19H,1H3,(H,18,20)/b8-6+. The third-order valence-electron chi connectivity index (χ3n) is 2.72. The summed E-state index contributed by atoms with van der Waals surface area (Å²) in [4.78, 5) is 11.8. The van der Waals surface area contributed by atoms with Gasteiger partial charge in [-0.1, -0.05) is 23.7 Å². The number of ether oxygens (including phenoxy) is 1. The Morgan fingerprint density at radius 1 is 1.29 bits per heavy atom. The molecule has 21 heavy (non-hydrogen) atoms. The van der Waals surface area contributed by atoms with Crippen LogP contribution < -0.4 is 10.1 Å². The van der Waals surface area contributed by atoms with Crippen molar-refractivity contribution in [1.29, 1.82) is 0 Å². The Morgan fingerprint density at radius 2 is 2.10 bits per heavy atom. The molecule has 4 nitrogen and oxygen atoms in total. The molecule has 0 radical (unpaired) electrons. The molecule has 0 saturated carbocycles. The number of hydrogen-bond acceptors (Lipinski definition) is 3. The molecule has 108 valence electrons. The smallest absolute Gasteiger partial charge is 0.248 e. The minimum absolute atomic E-state index is 0.0537. The summed E-state index contributed by atoms with van der Waals surface area (Å²) >= 11 is 5.84. The van der Waals surface area contributed by atoms with Crippen LogP contribution in [0, 0.1) is 0 Å². The first-order valence-electron chi connectivity index (χ1n) is 6.20. The van der Waals surface area contributed by atoms with Crippen molar-refractivity contribution in [3.63, 3.8) is 0 Å². The number of benzene rings is 2. The van der Waals surface area contributed by atoms with Crippen molar-refractivity contribution < 1.29 is 14.6 Å². The zero-order chi connectivity index (χ0) is 15.2. The van der Waals surface area contributed by atoms with Gasteiger partial charge in [-0.05, 0) is 42.0 Å². The molecule has 0 aliphatic heterocycles. The van der Waals surface area contributed by atoms with Gasteiger partial charge in [0.05, 0.1) is 7.11 Å². The molecule has 0 spiro atoms. The Bertz CT molecular complexity index is 683. The topological polar surface area (TPSA) is 58.6 Å². The van der Waals surface area contributed by atoms with Gasteiger partial charge >= 0.3 is 0 Å². The van der Waals surface area contributed by atoms with Crippen molar-refractivity contribution >= 4 is 29.3 Å². The summed E-state index contributed by atoms with van der Waals surface area (Å²) in [6, 6.07) is 11.7. The third kappa shape index (κ3) is 4.26. The molecule has 0 saturated heterocycles. The summed E-state index contributed by atoms with van der Waals surface area (Å²) in [5, 5.41) is 12.8. The number of phenolic OH excluding ortho intramolecular Hbond substituents is 1. The molecule has 1 amide bonds. The molecule has 5 heteroatoms. The SMILES string of the molecule is COc1cc(/C=C/C(=O)Nc2cccc(Cl)c2)ccc1O. The minimum Gasteiger partial charge on any atom is -0.504 e. The maximum atomic E-state index is 11.8. The van der Waals surface area contributed by atoms with Crippen LogP contribution in [0.1, 0.15) is 5.56 Å². The Kier molecular flexibility index (Phi) is 4.85. The summed E-state index contributed by atoms with van der Waals surface area (Å²) in [6.45, 7) is 0. The largest absolute Gasteiger partial charge is 0.504 e. The van der Waals surface area contributed by atoms with Gasteiger partial charge in [0.15, 0.2) is 11.5 Å². The summed E-state index contributed by atoms with van der Waals surface area (Å²) in [5.74, 6) is 0.134. The van der Waals surface area contributed by atoms with Crippen LogP contribution in [0.5, 0.6) is 11.5 Å². The van der Waals surface area contributed by atoms with E-state index in [9.17, 15) is 9.90 Å². The predicted octanol–water partition coefficient (Wildman–Crippen LogP) is 3.71. The number of amides is 1. The Hall–Kier alpha value is -2.46. The zero-order valence-corrected chi connectivity index (χ0v) is 12.1. The van der Waals surface area contributed by atoms with Crippen molar-refractivity contribution in [2.45, 2.75) is 0 Å². The predicted molar refractivity (Wildman–Crippen MR) is 83.8 cm³/mol. The van der Waals surface area contributed by atoms with Crippen molar-refractivity contribution in [3.05, 3.63) is 59.1 Å². The van der Waals surface area contributed by atoms with Gasteiger partial charge in [-0.2, -0.15) is 0 Å². The average Bonchev–Trinajstić information content (AvgIpc) is 2.46. The van der Waals surface area contributed by atoms with Gasteiger partial charge in [0.25, 0.3) is 0 Å². The molecule has 0 aromatic heterocycles. The van der Waals surface area contributed by atoms with E-state index in [-0.39, 0.29) is 11.7 Å². The van der Waals surface area contributed by atoms with Gasteiger partial charge in [-0.15, -0.1) is 0 Å². The average molecular weight is 304 g/mol. The second-order valence-electron chi connectivity index (χ2n) is 4.26. The van der Waals surface area contributed by atoms with E-state index in [1.54, 1.807) is 42.5 Å². The summed E-state index contributed by atoms with van der Waals surface area (Å²) < 4.78 is 5.00. The van der Waals surface area contributed by atoms with Gasteiger partial charge < -0.3 is 15.2 Å². The highest BCUT2D eigenvalue weighted by molar-refractivity contribution is 6.30. The molecule has 2 aromatic carbocycles. The Morgan fingerprint density at radius 3 is 2.81 bits per heavy atom. The molecule has 0 unspecified atom stereocenters. The molecule has 0 heterocycles. The van der Waals surface area contributed by atoms with E-state index in [0.717, 1.165) is 5.56 Å². The molecule has 0 aliphatic rings. The van der Waals surface area contributed by atoms with Crippen LogP contribution in [0.25, 0.3) is 6.08 Å². The molecule has 0 bridgehead atoms. The number of nitrogens with one attached hydrogen (secondary N) is 1. The highest BCUT2D eigenvalue weighted by atomic mass is 35.5. The number of carbonyl (C=O) groups is 1. The van der Waals surface area contributed by atoms with Crippen LogP contribution in [0.3, 0.4) is 0 Å². The van der Waals surface area contributed by atoms with Crippen molar-refractivity contribution in [2.24, 2.45) is 0 Å². The van der Waals surface area contributed by atoms with Crippen LogP contribution in [0.2, 0.25) is 5.02 Å². The highest BCUT2D eigenvalue weighted by Crippen LogP contribution is 2.26. The van der Waals surface area contributed by atoms with Crippen molar-refractivity contribution in [3.8, 4) is 11.5 Å². The summed E-state index contributed by atoms with van der Waals surface area (Å²) in [7, 11) is 1.47. The fourth-order valence-corrected chi connectivity index (χ4v) is 1.91. The van der Waals surface area contributed by atoms with Crippen molar-refractivity contribution in [1.82, 2.24) is 0 Å². The van der Waals surface area contributed by atoms with E-state index < -0.39 is 0 Å². The van der Waals surface area contributed by atoms with E-state index in [2.05, 4.69) is 5.32 Å². The third-order valence-corrected chi connectivity index (χ3v) is 2.96. The second-order valence-corrected chi connectivity index (χ2v) is 4.70. The van der Waals surface area contributed by atoms with E-state index in [0.29, 0.717) is 16.5 Å². The quantitative estimate of drug-likeness (QED) is 0.847. The van der Waals surface area contributed by atoms with Crippen LogP contribution in [0.15, 0.2) is 48.5 Å². The number of aromatic hydroxyl groups is 1. The van der Waals surface area contributed by atoms with E-state index in [1.165, 1.54) is 19.3 Å². The molecule has 2 N–H and O–H groups in total. The Balaban J connectivity index is 2.05. The van der Waals surface area contributed by atoms with E-state index in [4.69, 9.17) is 16.3 Å². The number of carbonyl (C=O) groups excluding carboxylic acids is 1. The van der Waals surface area contributed by atoms with E-state index >= 15 is 0 Å². The molecular weight excluding hydrogens is 290 g/mol. The normalized spacial score (nSPS) is 10.6. The zero-order valence-electron chi connectivity index (χ0n) is 11.3. The maximum Gasteiger partial charge on any atom is 0.248 e. The first kappa shape index (κ1) is 14.9. The molecule has 0 fully saturated rings. The first-order valence-corrected chi connectivity index (χ1v) is 6.58. The molecule has 0 aliphatic carbocycles. The van der Waals surface area contributed by atoms with Crippen LogP contribution in [-0.4, -0.2) is 18.1 Å². The summed E-state index contributed by atoms with van der Waals surface area (Å²) in [6.07, 6.45) is 3.02. The monoisotopic (exact) mass is 303 g/mol. The summed E-state index contributed by atoms with van der Waals surface area (Å²) in [5.41, 5.74) is 1.37.